The van der Waals surface area contributed by atoms with Gasteiger partial charge in [-0.25, -0.2) is 4.98 Å². The second-order valence-corrected chi connectivity index (χ2v) is 6.33. The van der Waals surface area contributed by atoms with Crippen LogP contribution in [0, 0.1) is 6.92 Å². The van der Waals surface area contributed by atoms with Crippen LogP contribution in [-0.2, 0) is 4.74 Å². The highest BCUT2D eigenvalue weighted by molar-refractivity contribution is 7.99. The van der Waals surface area contributed by atoms with Crippen LogP contribution in [0.15, 0.2) is 12.4 Å². The van der Waals surface area contributed by atoms with Crippen LogP contribution in [0.1, 0.15) is 18.5 Å². The molecule has 1 aliphatic heterocycles. The van der Waals surface area contributed by atoms with Crippen LogP contribution in [0.4, 0.5) is 5.82 Å². The highest BCUT2D eigenvalue weighted by Gasteiger charge is 2.32. The first-order valence-corrected chi connectivity index (χ1v) is 7.92. The molecule has 1 fully saturated rings. The third kappa shape index (κ3) is 2.60. The minimum absolute atomic E-state index is 0.0741. The zero-order valence-corrected chi connectivity index (χ0v) is 12.6. The number of hydrogen-bond donors (Lipinski definition) is 1. The van der Waals surface area contributed by atoms with E-state index in [2.05, 4.69) is 20.4 Å². The molecule has 1 N–H and O–H groups in total. The predicted molar refractivity (Wildman–Crippen MR) is 80.3 cm³/mol. The quantitative estimate of drug-likeness (QED) is 0.926. The Morgan fingerprint density at radius 3 is 3.00 bits per heavy atom. The molecule has 6 nitrogen and oxygen atoms in total. The van der Waals surface area contributed by atoms with E-state index in [9.17, 15) is 0 Å². The SMILES string of the molecule is COC1(CNc2cc(C)nc3ncnn23)CCSCC1. The summed E-state index contributed by atoms with van der Waals surface area (Å²) in [7, 11) is 1.81. The lowest BCUT2D eigenvalue weighted by atomic mass is 9.96. The largest absolute Gasteiger partial charge is 0.376 e. The maximum atomic E-state index is 5.79. The van der Waals surface area contributed by atoms with Gasteiger partial charge in [-0.15, -0.1) is 0 Å². The van der Waals surface area contributed by atoms with Gasteiger partial charge >= 0.3 is 0 Å². The van der Waals surface area contributed by atoms with Crippen molar-refractivity contribution >= 4 is 23.4 Å². The molecule has 0 aromatic carbocycles. The highest BCUT2D eigenvalue weighted by atomic mass is 32.2. The number of rotatable bonds is 4. The van der Waals surface area contributed by atoms with Crippen LogP contribution < -0.4 is 5.32 Å². The van der Waals surface area contributed by atoms with Gasteiger partial charge in [-0.2, -0.15) is 26.4 Å². The lowest BCUT2D eigenvalue weighted by molar-refractivity contribution is -0.00556. The Morgan fingerprint density at radius 2 is 2.25 bits per heavy atom. The summed E-state index contributed by atoms with van der Waals surface area (Å²) in [5.41, 5.74) is 0.855. The van der Waals surface area contributed by atoms with Crippen LogP contribution in [0.3, 0.4) is 0 Å². The number of nitrogens with zero attached hydrogens (tertiary/aromatic N) is 4. The predicted octanol–water partition coefficient (Wildman–Crippen LogP) is 1.76. The van der Waals surface area contributed by atoms with Gasteiger partial charge in [0.1, 0.15) is 12.1 Å². The molecule has 1 saturated heterocycles. The van der Waals surface area contributed by atoms with Gasteiger partial charge in [0.15, 0.2) is 0 Å². The minimum Gasteiger partial charge on any atom is -0.376 e. The van der Waals surface area contributed by atoms with Crippen molar-refractivity contribution in [3.05, 3.63) is 18.1 Å². The Morgan fingerprint density at radius 1 is 1.45 bits per heavy atom. The van der Waals surface area contributed by atoms with Crippen molar-refractivity contribution in [3.8, 4) is 0 Å². The van der Waals surface area contributed by atoms with Crippen molar-refractivity contribution in [2.24, 2.45) is 0 Å². The number of hydrogen-bond acceptors (Lipinski definition) is 6. The lowest BCUT2D eigenvalue weighted by Crippen LogP contribution is -2.42. The Labute approximate surface area is 122 Å². The Kier molecular flexibility index (Phi) is 3.80. The molecule has 0 aliphatic carbocycles. The average Bonchev–Trinajstić information content (AvgIpc) is 2.94. The molecule has 3 rings (SSSR count). The molecule has 20 heavy (non-hydrogen) atoms. The molecule has 1 aliphatic rings. The van der Waals surface area contributed by atoms with E-state index in [0.29, 0.717) is 5.78 Å². The van der Waals surface area contributed by atoms with Crippen molar-refractivity contribution in [2.75, 3.05) is 30.5 Å². The van der Waals surface area contributed by atoms with Crippen molar-refractivity contribution in [1.29, 1.82) is 0 Å². The molecule has 0 amide bonds. The van der Waals surface area contributed by atoms with Crippen molar-refractivity contribution < 1.29 is 4.74 Å². The van der Waals surface area contributed by atoms with Gasteiger partial charge in [0.05, 0.1) is 5.60 Å². The summed E-state index contributed by atoms with van der Waals surface area (Å²) in [6, 6.07) is 1.99. The summed E-state index contributed by atoms with van der Waals surface area (Å²) in [5, 5.41) is 7.67. The van der Waals surface area contributed by atoms with Crippen LogP contribution >= 0.6 is 11.8 Å². The van der Waals surface area contributed by atoms with Gasteiger partial charge < -0.3 is 10.1 Å². The molecule has 2 aromatic heterocycles. The van der Waals surface area contributed by atoms with E-state index in [1.807, 2.05) is 24.8 Å². The summed E-state index contributed by atoms with van der Waals surface area (Å²) in [6.45, 7) is 2.74. The number of aromatic nitrogens is 4. The molecule has 0 radical (unpaired) electrons. The first-order valence-electron chi connectivity index (χ1n) is 6.77. The fourth-order valence-electron chi connectivity index (χ4n) is 2.50. The van der Waals surface area contributed by atoms with E-state index in [1.165, 1.54) is 6.33 Å². The maximum Gasteiger partial charge on any atom is 0.254 e. The molecular weight excluding hydrogens is 274 g/mol. The van der Waals surface area contributed by atoms with Gasteiger partial charge in [-0.3, -0.25) is 0 Å². The summed E-state index contributed by atoms with van der Waals surface area (Å²) in [4.78, 5) is 8.48. The molecule has 0 bridgehead atoms. The van der Waals surface area contributed by atoms with Gasteiger partial charge in [-0.1, -0.05) is 0 Å². The molecule has 7 heteroatoms. The second kappa shape index (κ2) is 5.57. The fourth-order valence-corrected chi connectivity index (χ4v) is 3.74. The molecule has 0 saturated carbocycles. The number of nitrogens with one attached hydrogen (secondary N) is 1. The van der Waals surface area contributed by atoms with Crippen LogP contribution in [0.5, 0.6) is 0 Å². The van der Waals surface area contributed by atoms with Gasteiger partial charge in [0.25, 0.3) is 5.78 Å². The van der Waals surface area contributed by atoms with Gasteiger partial charge in [0.2, 0.25) is 0 Å². The van der Waals surface area contributed by atoms with E-state index in [1.54, 1.807) is 11.6 Å². The monoisotopic (exact) mass is 293 g/mol. The van der Waals surface area contributed by atoms with Crippen LogP contribution in [0.2, 0.25) is 0 Å². The molecule has 0 unspecified atom stereocenters. The Bertz CT molecular complexity index is 593. The molecule has 3 heterocycles. The number of ether oxygens (including phenoxy) is 1. The topological polar surface area (TPSA) is 64.3 Å². The van der Waals surface area contributed by atoms with Crippen LogP contribution in [0.25, 0.3) is 5.78 Å². The number of thioether (sulfide) groups is 1. The first kappa shape index (κ1) is 13.6. The summed E-state index contributed by atoms with van der Waals surface area (Å²) in [5.74, 6) is 3.85. The molecule has 0 atom stereocenters. The first-order chi connectivity index (χ1) is 9.72. The van der Waals surface area contributed by atoms with E-state index < -0.39 is 0 Å². The van der Waals surface area contributed by atoms with E-state index in [-0.39, 0.29) is 5.60 Å². The molecule has 108 valence electrons. The molecular formula is C13H19N5OS. The summed E-state index contributed by atoms with van der Waals surface area (Å²) < 4.78 is 7.52. The third-order valence-electron chi connectivity index (χ3n) is 3.81. The Hall–Kier alpha value is -1.34. The number of anilines is 1. The second-order valence-electron chi connectivity index (χ2n) is 5.11. The lowest BCUT2D eigenvalue weighted by Gasteiger charge is -2.36. The third-order valence-corrected chi connectivity index (χ3v) is 4.79. The summed E-state index contributed by atoms with van der Waals surface area (Å²) >= 11 is 2.00. The van der Waals surface area contributed by atoms with Crippen molar-refractivity contribution in [1.82, 2.24) is 19.6 Å². The number of aryl methyl sites for hydroxylation is 1. The van der Waals surface area contributed by atoms with E-state index in [0.717, 1.165) is 42.4 Å². The standard InChI is InChI=1S/C13H19N5OS/c1-10-7-11(18-12(17-10)15-9-16-18)14-8-13(19-2)3-5-20-6-4-13/h7,9,14H,3-6,8H2,1-2H3. The summed E-state index contributed by atoms with van der Waals surface area (Å²) in [6.07, 6.45) is 3.67. The average molecular weight is 293 g/mol. The molecule has 0 spiro atoms. The zero-order chi connectivity index (χ0) is 14.0. The smallest absolute Gasteiger partial charge is 0.254 e. The minimum atomic E-state index is -0.0741. The van der Waals surface area contributed by atoms with E-state index in [4.69, 9.17) is 4.74 Å². The van der Waals surface area contributed by atoms with Crippen molar-refractivity contribution in [3.63, 3.8) is 0 Å². The van der Waals surface area contributed by atoms with E-state index >= 15 is 0 Å². The highest BCUT2D eigenvalue weighted by Crippen LogP contribution is 2.30. The zero-order valence-electron chi connectivity index (χ0n) is 11.8. The Balaban J connectivity index is 1.80. The normalized spacial score (nSPS) is 18.3. The fraction of sp³-hybridized carbons (Fsp3) is 0.615. The molecule has 2 aromatic rings. The number of fused-ring (bicyclic) bond motifs is 1. The maximum absolute atomic E-state index is 5.79. The number of methoxy groups -OCH3 is 1. The van der Waals surface area contributed by atoms with Crippen molar-refractivity contribution in [2.45, 2.75) is 25.4 Å². The van der Waals surface area contributed by atoms with Gasteiger partial charge in [0, 0.05) is 25.4 Å². The van der Waals surface area contributed by atoms with Crippen LogP contribution in [-0.4, -0.2) is 50.3 Å². The van der Waals surface area contributed by atoms with Gasteiger partial charge in [-0.05, 0) is 31.3 Å².